The number of nitriles is 1. The van der Waals surface area contributed by atoms with Crippen LogP contribution < -0.4 is 0 Å². The Labute approximate surface area is 198 Å². The van der Waals surface area contributed by atoms with E-state index in [1.807, 2.05) is 51.1 Å². The quantitative estimate of drug-likeness (QED) is 0.262. The number of benzene rings is 2. The van der Waals surface area contributed by atoms with Crippen LogP contribution in [0.1, 0.15) is 48.6 Å². The Morgan fingerprint density at radius 1 is 1.06 bits per heavy atom. The van der Waals surface area contributed by atoms with Crippen LogP contribution in [0.3, 0.4) is 0 Å². The zero-order valence-corrected chi connectivity index (χ0v) is 20.6. The van der Waals surface area contributed by atoms with Crippen molar-refractivity contribution in [3.8, 4) is 6.07 Å². The molecule has 0 bridgehead atoms. The molecule has 1 amide bonds. The van der Waals surface area contributed by atoms with Gasteiger partial charge in [0.1, 0.15) is 11.8 Å². The van der Waals surface area contributed by atoms with Crippen LogP contribution in [0.5, 0.6) is 0 Å². The first kappa shape index (κ1) is 25.5. The number of carbonyl (C=O) groups is 1. The summed E-state index contributed by atoms with van der Waals surface area (Å²) in [4.78, 5) is 18.9. The molecule has 33 heavy (non-hydrogen) atoms. The van der Waals surface area contributed by atoms with Gasteiger partial charge in [-0.3, -0.25) is 4.79 Å². The van der Waals surface area contributed by atoms with Gasteiger partial charge in [-0.15, -0.1) is 0 Å². The number of likely N-dealkylation sites (N-methyl/N-ethyl adjacent to an activating group) is 1. The van der Waals surface area contributed by atoms with Gasteiger partial charge in [0, 0.05) is 19.2 Å². The molecule has 0 aromatic heterocycles. The summed E-state index contributed by atoms with van der Waals surface area (Å²) in [5, 5.41) is 8.92. The molecular weight excluding hydrogens is 406 g/mol. The third-order valence-corrected chi connectivity index (χ3v) is 5.41. The maximum atomic E-state index is 12.9. The molecule has 0 atom stereocenters. The number of hydrogen-bond donors (Lipinski definition) is 0. The first-order valence-corrected chi connectivity index (χ1v) is 10.9. The van der Waals surface area contributed by atoms with Gasteiger partial charge in [0.2, 0.25) is 0 Å². The Bertz CT molecular complexity index is 1190. The Morgan fingerprint density at radius 3 is 2.27 bits per heavy atom. The fourth-order valence-electron chi connectivity index (χ4n) is 3.78. The number of allylic oxidation sites excluding steroid dienone is 2. The molecule has 0 saturated carbocycles. The SMILES string of the molecule is C=C(/C=C(\C)Cc1ccc(N=C(C)C#N)c(C)c1)C(=O)N(C)Cc1ccc(C(=C)C)c(C)c1. The van der Waals surface area contributed by atoms with Crippen LogP contribution >= 0.6 is 0 Å². The average Bonchev–Trinajstić information content (AvgIpc) is 2.74. The second kappa shape index (κ2) is 11.2. The third-order valence-electron chi connectivity index (χ3n) is 5.41. The van der Waals surface area contributed by atoms with E-state index in [1.165, 1.54) is 0 Å². The summed E-state index contributed by atoms with van der Waals surface area (Å²) >= 11 is 0. The highest BCUT2D eigenvalue weighted by molar-refractivity contribution is 5.98. The van der Waals surface area contributed by atoms with E-state index in [0.717, 1.165) is 44.7 Å². The summed E-state index contributed by atoms with van der Waals surface area (Å²) in [5.41, 5.74) is 9.29. The second-order valence-corrected chi connectivity index (χ2v) is 8.71. The van der Waals surface area contributed by atoms with E-state index in [9.17, 15) is 4.79 Å². The molecule has 0 aliphatic rings. The minimum absolute atomic E-state index is 0.0937. The lowest BCUT2D eigenvalue weighted by Gasteiger charge is -2.19. The van der Waals surface area contributed by atoms with Gasteiger partial charge >= 0.3 is 0 Å². The van der Waals surface area contributed by atoms with Crippen molar-refractivity contribution in [1.82, 2.24) is 4.90 Å². The standard InChI is InChI=1S/C29H33N3O/c1-19(2)27-11-9-26(15-21(27)4)18-32(8)29(33)23(6)13-20(3)14-25-10-12-28(22(5)16-25)31-24(7)17-30/h9-13,15-16H,1,6,14,18H2,2-5,7-8H3/b20-13+,31-24?. The number of hydrogen-bond acceptors (Lipinski definition) is 3. The Kier molecular flexibility index (Phi) is 8.70. The topological polar surface area (TPSA) is 56.5 Å². The molecule has 0 aliphatic carbocycles. The van der Waals surface area contributed by atoms with Crippen LogP contribution in [0.25, 0.3) is 5.57 Å². The molecule has 0 saturated heterocycles. The summed E-state index contributed by atoms with van der Waals surface area (Å²) < 4.78 is 0. The Balaban J connectivity index is 2.05. The molecule has 0 N–H and O–H groups in total. The molecule has 4 nitrogen and oxygen atoms in total. The number of aliphatic imine (C=N–C) groups is 1. The van der Waals surface area contributed by atoms with Gasteiger partial charge in [0.25, 0.3) is 5.91 Å². The van der Waals surface area contributed by atoms with E-state index < -0.39 is 0 Å². The Morgan fingerprint density at radius 2 is 1.70 bits per heavy atom. The molecule has 170 valence electrons. The molecule has 0 aliphatic heterocycles. The van der Waals surface area contributed by atoms with Gasteiger partial charge in [0.15, 0.2) is 0 Å². The van der Waals surface area contributed by atoms with Crippen LogP contribution in [0.2, 0.25) is 0 Å². The van der Waals surface area contributed by atoms with Crippen molar-refractivity contribution in [2.24, 2.45) is 4.99 Å². The summed E-state index contributed by atoms with van der Waals surface area (Å²) in [7, 11) is 1.80. The van der Waals surface area contributed by atoms with Gasteiger partial charge in [-0.25, -0.2) is 4.99 Å². The van der Waals surface area contributed by atoms with Gasteiger partial charge in [-0.1, -0.05) is 60.7 Å². The normalized spacial score (nSPS) is 11.7. The highest BCUT2D eigenvalue weighted by atomic mass is 16.2. The fraction of sp³-hybridized carbons (Fsp3) is 0.276. The fourth-order valence-corrected chi connectivity index (χ4v) is 3.78. The van der Waals surface area contributed by atoms with Gasteiger partial charge in [-0.05, 0) is 74.9 Å². The molecular formula is C29H33N3O. The molecule has 4 heteroatoms. The number of amides is 1. The highest BCUT2D eigenvalue weighted by Crippen LogP contribution is 2.22. The van der Waals surface area contributed by atoms with E-state index >= 15 is 0 Å². The predicted octanol–water partition coefficient (Wildman–Crippen LogP) is 6.66. The van der Waals surface area contributed by atoms with Crippen LogP contribution in [-0.4, -0.2) is 23.6 Å². The minimum atomic E-state index is -0.0937. The third kappa shape index (κ3) is 7.15. The van der Waals surface area contributed by atoms with Crippen LogP contribution in [0.4, 0.5) is 5.69 Å². The molecule has 2 aromatic carbocycles. The van der Waals surface area contributed by atoms with Crippen molar-refractivity contribution in [2.45, 2.75) is 47.6 Å². The first-order valence-electron chi connectivity index (χ1n) is 10.9. The molecule has 0 radical (unpaired) electrons. The number of carbonyl (C=O) groups excluding carboxylic acids is 1. The zero-order valence-electron chi connectivity index (χ0n) is 20.6. The van der Waals surface area contributed by atoms with Crippen molar-refractivity contribution >= 4 is 22.9 Å². The molecule has 2 aromatic rings. The number of rotatable bonds is 8. The van der Waals surface area contributed by atoms with E-state index in [1.54, 1.807) is 18.9 Å². The summed E-state index contributed by atoms with van der Waals surface area (Å²) in [6, 6.07) is 14.2. The summed E-state index contributed by atoms with van der Waals surface area (Å²) in [6.07, 6.45) is 2.56. The van der Waals surface area contributed by atoms with Gasteiger partial charge in [-0.2, -0.15) is 5.26 Å². The monoisotopic (exact) mass is 439 g/mol. The van der Waals surface area contributed by atoms with E-state index in [2.05, 4.69) is 43.3 Å². The van der Waals surface area contributed by atoms with Crippen LogP contribution in [-0.2, 0) is 17.8 Å². The molecule has 0 heterocycles. The largest absolute Gasteiger partial charge is 0.337 e. The maximum absolute atomic E-state index is 12.9. The van der Waals surface area contributed by atoms with E-state index in [0.29, 0.717) is 24.3 Å². The Hall–Kier alpha value is -3.71. The van der Waals surface area contributed by atoms with E-state index in [4.69, 9.17) is 5.26 Å². The maximum Gasteiger partial charge on any atom is 0.253 e. The second-order valence-electron chi connectivity index (χ2n) is 8.71. The molecule has 0 unspecified atom stereocenters. The van der Waals surface area contributed by atoms with Crippen molar-refractivity contribution in [3.63, 3.8) is 0 Å². The lowest BCUT2D eigenvalue weighted by Crippen LogP contribution is -2.27. The summed E-state index contributed by atoms with van der Waals surface area (Å²) in [6.45, 7) is 18.3. The highest BCUT2D eigenvalue weighted by Gasteiger charge is 2.13. The van der Waals surface area contributed by atoms with Crippen molar-refractivity contribution in [3.05, 3.63) is 94.6 Å². The number of aryl methyl sites for hydroxylation is 2. The van der Waals surface area contributed by atoms with Crippen molar-refractivity contribution in [2.75, 3.05) is 7.05 Å². The van der Waals surface area contributed by atoms with Gasteiger partial charge in [0.05, 0.1) is 5.69 Å². The zero-order chi connectivity index (χ0) is 24.7. The van der Waals surface area contributed by atoms with E-state index in [-0.39, 0.29) is 5.91 Å². The lowest BCUT2D eigenvalue weighted by molar-refractivity contribution is -0.126. The predicted molar refractivity (Wildman–Crippen MR) is 139 cm³/mol. The first-order chi connectivity index (χ1) is 15.5. The van der Waals surface area contributed by atoms with Crippen molar-refractivity contribution in [1.29, 1.82) is 5.26 Å². The summed E-state index contributed by atoms with van der Waals surface area (Å²) in [5.74, 6) is -0.0937. The molecule has 0 spiro atoms. The van der Waals surface area contributed by atoms with Gasteiger partial charge < -0.3 is 4.90 Å². The van der Waals surface area contributed by atoms with Crippen LogP contribution in [0.15, 0.2) is 71.8 Å². The molecule has 2 rings (SSSR count). The number of nitrogens with zero attached hydrogens (tertiary/aromatic N) is 3. The lowest BCUT2D eigenvalue weighted by atomic mass is 10.00. The minimum Gasteiger partial charge on any atom is -0.337 e. The van der Waals surface area contributed by atoms with Crippen molar-refractivity contribution < 1.29 is 4.79 Å². The van der Waals surface area contributed by atoms with Crippen LogP contribution in [0, 0.1) is 25.2 Å². The molecule has 0 fully saturated rings. The average molecular weight is 440 g/mol. The smallest absolute Gasteiger partial charge is 0.253 e.